The SMILES string of the molecule is COc1ccc(CN2CCN(S(=O)(=O)c3c(C)c(C)c(C)c(C)c3C)CC2)c(OC)c1OC. The second-order valence-corrected chi connectivity index (χ2v) is 10.5. The summed E-state index contributed by atoms with van der Waals surface area (Å²) in [6.45, 7) is 12.7. The van der Waals surface area contributed by atoms with E-state index in [2.05, 4.69) is 11.8 Å². The van der Waals surface area contributed by atoms with Crippen molar-refractivity contribution in [1.82, 2.24) is 9.21 Å². The Morgan fingerprint density at radius 1 is 0.727 bits per heavy atom. The van der Waals surface area contributed by atoms with Gasteiger partial charge in [-0.15, -0.1) is 0 Å². The van der Waals surface area contributed by atoms with Crippen LogP contribution in [0.3, 0.4) is 0 Å². The van der Waals surface area contributed by atoms with Crippen LogP contribution in [0.15, 0.2) is 17.0 Å². The molecule has 182 valence electrons. The van der Waals surface area contributed by atoms with Crippen LogP contribution in [-0.2, 0) is 16.6 Å². The van der Waals surface area contributed by atoms with Crippen LogP contribution in [0.4, 0.5) is 0 Å². The molecule has 2 aromatic carbocycles. The summed E-state index contributed by atoms with van der Waals surface area (Å²) in [7, 11) is 1.23. The third kappa shape index (κ3) is 4.56. The number of nitrogens with zero attached hydrogens (tertiary/aromatic N) is 2. The minimum absolute atomic E-state index is 0.447. The molecule has 0 aromatic heterocycles. The quantitative estimate of drug-likeness (QED) is 0.606. The lowest BCUT2D eigenvalue weighted by Gasteiger charge is -2.35. The zero-order valence-corrected chi connectivity index (χ0v) is 21.9. The van der Waals surface area contributed by atoms with Crippen molar-refractivity contribution < 1.29 is 22.6 Å². The van der Waals surface area contributed by atoms with Crippen LogP contribution in [-0.4, -0.2) is 65.1 Å². The Morgan fingerprint density at radius 2 is 1.24 bits per heavy atom. The highest BCUT2D eigenvalue weighted by molar-refractivity contribution is 7.89. The molecule has 3 rings (SSSR count). The maximum absolute atomic E-state index is 13.6. The largest absolute Gasteiger partial charge is 0.493 e. The fraction of sp³-hybridized carbons (Fsp3) is 0.520. The van der Waals surface area contributed by atoms with Gasteiger partial charge < -0.3 is 14.2 Å². The number of hydrogen-bond acceptors (Lipinski definition) is 6. The molecule has 2 aromatic rings. The molecule has 1 fully saturated rings. The first-order valence-corrected chi connectivity index (χ1v) is 12.6. The maximum Gasteiger partial charge on any atom is 0.243 e. The van der Waals surface area contributed by atoms with Crippen molar-refractivity contribution in [2.45, 2.75) is 46.1 Å². The Labute approximate surface area is 198 Å². The Hall–Kier alpha value is -2.29. The van der Waals surface area contributed by atoms with Gasteiger partial charge in [-0.05, 0) is 68.5 Å². The van der Waals surface area contributed by atoms with Gasteiger partial charge in [-0.3, -0.25) is 4.90 Å². The predicted octanol–water partition coefficient (Wildman–Crippen LogP) is 3.76. The molecule has 1 heterocycles. The summed E-state index contributed by atoms with van der Waals surface area (Å²) in [5.74, 6) is 1.82. The monoisotopic (exact) mass is 476 g/mol. The molecule has 0 bridgehead atoms. The van der Waals surface area contributed by atoms with E-state index in [4.69, 9.17) is 14.2 Å². The third-order valence-corrected chi connectivity index (χ3v) is 9.21. The molecule has 0 atom stereocenters. The van der Waals surface area contributed by atoms with Gasteiger partial charge in [0.25, 0.3) is 0 Å². The first-order valence-electron chi connectivity index (χ1n) is 11.2. The normalized spacial score (nSPS) is 15.5. The number of piperazine rings is 1. The molecule has 0 radical (unpaired) electrons. The van der Waals surface area contributed by atoms with Crippen LogP contribution in [0, 0.1) is 34.6 Å². The van der Waals surface area contributed by atoms with Gasteiger partial charge in [0.15, 0.2) is 11.5 Å². The maximum atomic E-state index is 13.6. The van der Waals surface area contributed by atoms with E-state index in [0.717, 1.165) is 33.4 Å². The van der Waals surface area contributed by atoms with Gasteiger partial charge in [0.2, 0.25) is 15.8 Å². The molecular weight excluding hydrogens is 440 g/mol. The van der Waals surface area contributed by atoms with Gasteiger partial charge in [-0.2, -0.15) is 4.31 Å². The molecule has 1 aliphatic heterocycles. The van der Waals surface area contributed by atoms with E-state index in [1.54, 1.807) is 25.6 Å². The second kappa shape index (κ2) is 9.91. The van der Waals surface area contributed by atoms with E-state index in [0.29, 0.717) is 54.9 Å². The summed E-state index contributed by atoms with van der Waals surface area (Å²) >= 11 is 0. The van der Waals surface area contributed by atoms with Gasteiger partial charge in [-0.25, -0.2) is 8.42 Å². The highest BCUT2D eigenvalue weighted by Crippen LogP contribution is 2.40. The van der Waals surface area contributed by atoms with Gasteiger partial charge in [0.05, 0.1) is 26.2 Å². The lowest BCUT2D eigenvalue weighted by atomic mass is 9.95. The van der Waals surface area contributed by atoms with E-state index in [9.17, 15) is 8.42 Å². The van der Waals surface area contributed by atoms with Crippen molar-refractivity contribution in [2.24, 2.45) is 0 Å². The molecule has 0 aliphatic carbocycles. The van der Waals surface area contributed by atoms with Crippen LogP contribution in [0.5, 0.6) is 17.2 Å². The highest BCUT2D eigenvalue weighted by atomic mass is 32.2. The first-order chi connectivity index (χ1) is 15.6. The van der Waals surface area contributed by atoms with Crippen molar-refractivity contribution >= 4 is 10.0 Å². The van der Waals surface area contributed by atoms with Crippen molar-refractivity contribution in [3.05, 3.63) is 45.5 Å². The molecule has 0 spiro atoms. The number of benzene rings is 2. The third-order valence-electron chi connectivity index (χ3n) is 7.04. The summed E-state index contributed by atoms with van der Waals surface area (Å²) in [6.07, 6.45) is 0. The summed E-state index contributed by atoms with van der Waals surface area (Å²) < 4.78 is 45.3. The smallest absolute Gasteiger partial charge is 0.243 e. The average molecular weight is 477 g/mol. The number of rotatable bonds is 7. The molecule has 0 amide bonds. The Balaban J connectivity index is 1.80. The highest BCUT2D eigenvalue weighted by Gasteiger charge is 2.32. The van der Waals surface area contributed by atoms with Crippen LogP contribution in [0.2, 0.25) is 0 Å². The van der Waals surface area contributed by atoms with E-state index in [1.165, 1.54) is 0 Å². The zero-order chi connectivity index (χ0) is 24.5. The molecule has 0 N–H and O–H groups in total. The summed E-state index contributed by atoms with van der Waals surface area (Å²) in [5.41, 5.74) is 5.95. The van der Waals surface area contributed by atoms with E-state index >= 15 is 0 Å². The van der Waals surface area contributed by atoms with E-state index < -0.39 is 10.0 Å². The van der Waals surface area contributed by atoms with Crippen molar-refractivity contribution in [3.8, 4) is 17.2 Å². The minimum Gasteiger partial charge on any atom is -0.493 e. The molecule has 0 saturated carbocycles. The van der Waals surface area contributed by atoms with E-state index in [1.807, 2.05) is 39.8 Å². The molecule has 8 heteroatoms. The molecule has 1 aliphatic rings. The van der Waals surface area contributed by atoms with Crippen LogP contribution in [0.25, 0.3) is 0 Å². The topological polar surface area (TPSA) is 68.3 Å². The molecule has 33 heavy (non-hydrogen) atoms. The second-order valence-electron chi connectivity index (χ2n) is 8.63. The van der Waals surface area contributed by atoms with Gasteiger partial charge >= 0.3 is 0 Å². The number of sulfonamides is 1. The number of ether oxygens (including phenoxy) is 3. The number of methoxy groups -OCH3 is 3. The van der Waals surface area contributed by atoms with E-state index in [-0.39, 0.29) is 0 Å². The molecular formula is C25H36N2O5S. The summed E-state index contributed by atoms with van der Waals surface area (Å²) in [6, 6.07) is 3.83. The van der Waals surface area contributed by atoms with Crippen molar-refractivity contribution in [1.29, 1.82) is 0 Å². The molecule has 7 nitrogen and oxygen atoms in total. The molecule has 0 unspecified atom stereocenters. The van der Waals surface area contributed by atoms with Gasteiger partial charge in [0, 0.05) is 38.3 Å². The average Bonchev–Trinajstić information content (AvgIpc) is 2.81. The Morgan fingerprint density at radius 3 is 1.73 bits per heavy atom. The number of hydrogen-bond donors (Lipinski definition) is 0. The predicted molar refractivity (Wildman–Crippen MR) is 130 cm³/mol. The lowest BCUT2D eigenvalue weighted by Crippen LogP contribution is -2.48. The van der Waals surface area contributed by atoms with Crippen LogP contribution < -0.4 is 14.2 Å². The minimum atomic E-state index is -3.57. The Kier molecular flexibility index (Phi) is 7.61. The van der Waals surface area contributed by atoms with Gasteiger partial charge in [-0.1, -0.05) is 6.07 Å². The van der Waals surface area contributed by atoms with Gasteiger partial charge in [0.1, 0.15) is 0 Å². The summed E-state index contributed by atoms with van der Waals surface area (Å²) in [5, 5.41) is 0. The van der Waals surface area contributed by atoms with Crippen LogP contribution in [0.1, 0.15) is 33.4 Å². The van der Waals surface area contributed by atoms with Crippen molar-refractivity contribution in [3.63, 3.8) is 0 Å². The summed E-state index contributed by atoms with van der Waals surface area (Å²) in [4.78, 5) is 2.71. The first kappa shape index (κ1) is 25.3. The fourth-order valence-electron chi connectivity index (χ4n) is 4.64. The Bertz CT molecular complexity index is 1110. The van der Waals surface area contributed by atoms with Crippen LogP contribution >= 0.6 is 0 Å². The molecule has 1 saturated heterocycles. The lowest BCUT2D eigenvalue weighted by molar-refractivity contribution is 0.179. The van der Waals surface area contributed by atoms with Crippen molar-refractivity contribution in [2.75, 3.05) is 47.5 Å². The standard InChI is InChI=1S/C25H36N2O5S/c1-16-17(2)19(4)25(20(5)18(16)3)33(28,29)27-13-11-26(12-14-27)15-21-9-10-22(30-6)24(32-8)23(21)31-7/h9-10H,11-15H2,1-8H3. The zero-order valence-electron chi connectivity index (χ0n) is 21.0. The fourth-order valence-corrected chi connectivity index (χ4v) is 6.62.